The molecule has 0 radical (unpaired) electrons. The number of likely N-dealkylation sites (N-methyl/N-ethyl adjacent to an activating group) is 1. The first kappa shape index (κ1) is 19.2. The molecule has 8 heteroatoms. The molecule has 0 saturated carbocycles. The maximum Gasteiger partial charge on any atom is 0.257 e. The lowest BCUT2D eigenvalue weighted by atomic mass is 10.1. The van der Waals surface area contributed by atoms with Crippen molar-refractivity contribution in [2.24, 2.45) is 0 Å². The van der Waals surface area contributed by atoms with Crippen molar-refractivity contribution >= 4 is 23.4 Å². The summed E-state index contributed by atoms with van der Waals surface area (Å²) in [6, 6.07) is 10.3. The van der Waals surface area contributed by atoms with Gasteiger partial charge < -0.3 is 15.4 Å². The molecule has 0 unspecified atom stereocenters. The molecule has 0 aliphatic rings. The Morgan fingerprint density at radius 1 is 1.27 bits per heavy atom. The molecule has 0 aliphatic heterocycles. The molecular formula is C18H15ClFN3O3. The van der Waals surface area contributed by atoms with Crippen LogP contribution in [0.25, 0.3) is 0 Å². The highest BCUT2D eigenvalue weighted by Crippen LogP contribution is 2.21. The third kappa shape index (κ3) is 4.94. The van der Waals surface area contributed by atoms with Gasteiger partial charge in [0.2, 0.25) is 0 Å². The van der Waals surface area contributed by atoms with Crippen LogP contribution in [-0.2, 0) is 11.3 Å². The summed E-state index contributed by atoms with van der Waals surface area (Å²) in [6.45, 7) is -0.136. The molecule has 0 heterocycles. The minimum atomic E-state index is -0.611. The number of carbonyl (C=O) groups excluding carboxylic acids is 2. The van der Waals surface area contributed by atoms with Crippen molar-refractivity contribution in [2.45, 2.75) is 6.54 Å². The van der Waals surface area contributed by atoms with E-state index in [1.54, 1.807) is 12.1 Å². The number of nitrogens with zero attached hydrogens (tertiary/aromatic N) is 1. The third-order valence-corrected chi connectivity index (χ3v) is 3.74. The smallest absolute Gasteiger partial charge is 0.257 e. The number of ether oxygens (including phenoxy) is 1. The molecule has 0 spiro atoms. The van der Waals surface area contributed by atoms with E-state index in [-0.39, 0.29) is 29.6 Å². The van der Waals surface area contributed by atoms with Crippen molar-refractivity contribution in [1.82, 2.24) is 10.6 Å². The molecule has 2 N–H and O–H groups in total. The molecule has 0 aliphatic carbocycles. The predicted molar refractivity (Wildman–Crippen MR) is 93.3 cm³/mol. The zero-order chi connectivity index (χ0) is 19.1. The first-order chi connectivity index (χ1) is 12.4. The molecular weight excluding hydrogens is 361 g/mol. The van der Waals surface area contributed by atoms with Crippen LogP contribution < -0.4 is 15.4 Å². The zero-order valence-corrected chi connectivity index (χ0v) is 14.6. The van der Waals surface area contributed by atoms with Crippen molar-refractivity contribution < 1.29 is 18.7 Å². The van der Waals surface area contributed by atoms with Gasteiger partial charge in [-0.3, -0.25) is 9.59 Å². The van der Waals surface area contributed by atoms with Gasteiger partial charge in [0.1, 0.15) is 11.6 Å². The van der Waals surface area contributed by atoms with Crippen molar-refractivity contribution in [1.29, 1.82) is 5.26 Å². The number of amides is 2. The van der Waals surface area contributed by atoms with Crippen LogP contribution in [0.4, 0.5) is 4.39 Å². The standard InChI is InChI=1S/C18H15ClFN3O3/c1-22-17(24)10-26-16-6-11(8-21)2-3-13(16)9-23-18(25)12-4-5-15(20)14(19)7-12/h2-7H,9-10H2,1H3,(H,22,24)(H,23,25). The van der Waals surface area contributed by atoms with E-state index in [2.05, 4.69) is 10.6 Å². The van der Waals surface area contributed by atoms with Crippen LogP contribution in [0.2, 0.25) is 5.02 Å². The maximum atomic E-state index is 13.2. The molecule has 2 aromatic carbocycles. The summed E-state index contributed by atoms with van der Waals surface area (Å²) >= 11 is 5.67. The second kappa shape index (κ2) is 8.83. The van der Waals surface area contributed by atoms with Crippen LogP contribution in [0.1, 0.15) is 21.5 Å². The SMILES string of the molecule is CNC(=O)COc1cc(C#N)ccc1CNC(=O)c1ccc(F)c(Cl)c1. The fourth-order valence-electron chi connectivity index (χ4n) is 2.03. The van der Waals surface area contributed by atoms with Crippen LogP contribution in [0.3, 0.4) is 0 Å². The van der Waals surface area contributed by atoms with E-state index in [0.717, 1.165) is 6.07 Å². The molecule has 2 amide bonds. The van der Waals surface area contributed by atoms with Gasteiger partial charge in [-0.1, -0.05) is 17.7 Å². The Morgan fingerprint density at radius 3 is 2.69 bits per heavy atom. The van der Waals surface area contributed by atoms with Crippen molar-refractivity contribution in [3.05, 3.63) is 63.9 Å². The molecule has 2 aromatic rings. The molecule has 6 nitrogen and oxygen atoms in total. The van der Waals surface area contributed by atoms with Crippen LogP contribution in [-0.4, -0.2) is 25.5 Å². The molecule has 0 aromatic heterocycles. The minimum Gasteiger partial charge on any atom is -0.483 e. The lowest BCUT2D eigenvalue weighted by molar-refractivity contribution is -0.122. The quantitative estimate of drug-likeness (QED) is 0.811. The number of hydrogen-bond acceptors (Lipinski definition) is 4. The van der Waals surface area contributed by atoms with E-state index in [1.165, 1.54) is 25.2 Å². The number of carbonyl (C=O) groups is 2. The van der Waals surface area contributed by atoms with Crippen LogP contribution in [0.15, 0.2) is 36.4 Å². The van der Waals surface area contributed by atoms with Gasteiger partial charge in [0.15, 0.2) is 6.61 Å². The number of halogens is 2. The summed E-state index contributed by atoms with van der Waals surface area (Å²) in [6.07, 6.45) is 0. The van der Waals surface area contributed by atoms with Gasteiger partial charge in [0, 0.05) is 24.7 Å². The highest BCUT2D eigenvalue weighted by atomic mass is 35.5. The Kier molecular flexibility index (Phi) is 6.53. The van der Waals surface area contributed by atoms with Crippen molar-refractivity contribution in [2.75, 3.05) is 13.7 Å². The van der Waals surface area contributed by atoms with Gasteiger partial charge in [0.25, 0.3) is 11.8 Å². The first-order valence-electron chi connectivity index (χ1n) is 7.54. The maximum absolute atomic E-state index is 13.2. The number of hydrogen-bond donors (Lipinski definition) is 2. The Hall–Kier alpha value is -3.11. The van der Waals surface area contributed by atoms with Gasteiger partial charge >= 0.3 is 0 Å². The molecule has 0 atom stereocenters. The lowest BCUT2D eigenvalue weighted by Crippen LogP contribution is -2.26. The Balaban J connectivity index is 2.12. The summed E-state index contributed by atoms with van der Waals surface area (Å²) < 4.78 is 18.6. The number of nitrogens with one attached hydrogen (secondary N) is 2. The fourth-order valence-corrected chi connectivity index (χ4v) is 2.22. The largest absolute Gasteiger partial charge is 0.483 e. The van der Waals surface area contributed by atoms with E-state index in [1.807, 2.05) is 6.07 Å². The number of benzene rings is 2. The first-order valence-corrected chi connectivity index (χ1v) is 7.92. The van der Waals surface area contributed by atoms with E-state index in [4.69, 9.17) is 21.6 Å². The Bertz CT molecular complexity index is 880. The van der Waals surface area contributed by atoms with Crippen LogP contribution in [0.5, 0.6) is 5.75 Å². The second-order valence-corrected chi connectivity index (χ2v) is 5.61. The summed E-state index contributed by atoms with van der Waals surface area (Å²) in [5, 5.41) is 13.9. The zero-order valence-electron chi connectivity index (χ0n) is 13.8. The van der Waals surface area contributed by atoms with E-state index in [9.17, 15) is 14.0 Å². The average Bonchev–Trinajstić information content (AvgIpc) is 2.66. The molecule has 0 saturated heterocycles. The van der Waals surface area contributed by atoms with Gasteiger partial charge in [-0.2, -0.15) is 5.26 Å². The van der Waals surface area contributed by atoms with E-state index < -0.39 is 11.7 Å². The Morgan fingerprint density at radius 2 is 2.04 bits per heavy atom. The molecule has 2 rings (SSSR count). The van der Waals surface area contributed by atoms with Gasteiger partial charge in [0.05, 0.1) is 16.7 Å². The normalized spacial score (nSPS) is 9.92. The van der Waals surface area contributed by atoms with Crippen LogP contribution >= 0.6 is 11.6 Å². The average molecular weight is 376 g/mol. The van der Waals surface area contributed by atoms with E-state index >= 15 is 0 Å². The summed E-state index contributed by atoms with van der Waals surface area (Å²) in [5.41, 5.74) is 1.14. The number of nitriles is 1. The second-order valence-electron chi connectivity index (χ2n) is 5.21. The monoisotopic (exact) mass is 375 g/mol. The summed E-state index contributed by atoms with van der Waals surface area (Å²) in [5.74, 6) is -1.08. The third-order valence-electron chi connectivity index (χ3n) is 3.46. The topological polar surface area (TPSA) is 91.2 Å². The highest BCUT2D eigenvalue weighted by Gasteiger charge is 2.12. The lowest BCUT2D eigenvalue weighted by Gasteiger charge is -2.12. The van der Waals surface area contributed by atoms with Crippen molar-refractivity contribution in [3.63, 3.8) is 0 Å². The summed E-state index contributed by atoms with van der Waals surface area (Å²) in [7, 11) is 1.48. The molecule has 0 fully saturated rings. The van der Waals surface area contributed by atoms with Crippen LogP contribution in [0, 0.1) is 17.1 Å². The van der Waals surface area contributed by atoms with E-state index in [0.29, 0.717) is 16.9 Å². The minimum absolute atomic E-state index is 0.0859. The van der Waals surface area contributed by atoms with Crippen molar-refractivity contribution in [3.8, 4) is 11.8 Å². The Labute approximate surface area is 154 Å². The molecule has 0 bridgehead atoms. The number of rotatable bonds is 6. The van der Waals surface area contributed by atoms with Gasteiger partial charge in [-0.25, -0.2) is 4.39 Å². The van der Waals surface area contributed by atoms with Gasteiger partial charge in [-0.05, 0) is 30.3 Å². The van der Waals surface area contributed by atoms with Gasteiger partial charge in [-0.15, -0.1) is 0 Å². The fraction of sp³-hybridized carbons (Fsp3) is 0.167. The summed E-state index contributed by atoms with van der Waals surface area (Å²) in [4.78, 5) is 23.5. The molecule has 26 heavy (non-hydrogen) atoms. The highest BCUT2D eigenvalue weighted by molar-refractivity contribution is 6.31. The molecule has 134 valence electrons. The predicted octanol–water partition coefficient (Wildman–Crippen LogP) is 2.41.